The number of ether oxygens (including phenoxy) is 1. The smallest absolute Gasteiger partial charge is 0.263 e. The van der Waals surface area contributed by atoms with Gasteiger partial charge in [0.1, 0.15) is 17.3 Å². The van der Waals surface area contributed by atoms with Gasteiger partial charge >= 0.3 is 0 Å². The van der Waals surface area contributed by atoms with E-state index in [1.54, 1.807) is 24.3 Å². The van der Waals surface area contributed by atoms with Crippen LogP contribution in [-0.4, -0.2) is 27.5 Å². The van der Waals surface area contributed by atoms with E-state index >= 15 is 0 Å². The standard InChI is InChI=1S/C24H24Cl2N2O4S/c1-15-4-7-19(12-17(15)3)28-33(30,31)23-13-18(6-9-21(23)25)24(29)27-10-11-32-20-8-5-16(2)22(26)14-20/h4-9,12-14,28H,10-11H2,1-3H3,(H,27,29). The van der Waals surface area contributed by atoms with Gasteiger partial charge in [-0.2, -0.15) is 0 Å². The lowest BCUT2D eigenvalue weighted by atomic mass is 10.1. The molecule has 0 aliphatic carbocycles. The molecule has 0 aliphatic heterocycles. The van der Waals surface area contributed by atoms with E-state index < -0.39 is 15.9 Å². The molecule has 0 radical (unpaired) electrons. The number of benzene rings is 3. The summed E-state index contributed by atoms with van der Waals surface area (Å²) in [4.78, 5) is 12.4. The Morgan fingerprint density at radius 2 is 1.61 bits per heavy atom. The van der Waals surface area contributed by atoms with Gasteiger partial charge in [-0.3, -0.25) is 9.52 Å². The maximum Gasteiger partial charge on any atom is 0.263 e. The Labute approximate surface area is 203 Å². The zero-order chi connectivity index (χ0) is 24.2. The number of anilines is 1. The van der Waals surface area contributed by atoms with Gasteiger partial charge in [0.2, 0.25) is 0 Å². The van der Waals surface area contributed by atoms with E-state index in [4.69, 9.17) is 27.9 Å². The van der Waals surface area contributed by atoms with Gasteiger partial charge in [0.15, 0.2) is 0 Å². The average Bonchev–Trinajstić information content (AvgIpc) is 2.76. The summed E-state index contributed by atoms with van der Waals surface area (Å²) >= 11 is 12.2. The van der Waals surface area contributed by atoms with Crippen molar-refractivity contribution in [3.8, 4) is 5.75 Å². The molecule has 0 fully saturated rings. The second-order valence-corrected chi connectivity index (χ2v) is 10.0. The number of sulfonamides is 1. The maximum absolute atomic E-state index is 12.9. The lowest BCUT2D eigenvalue weighted by Crippen LogP contribution is -2.28. The molecule has 3 rings (SSSR count). The Bertz CT molecular complexity index is 1290. The molecule has 33 heavy (non-hydrogen) atoms. The van der Waals surface area contributed by atoms with Crippen LogP contribution >= 0.6 is 23.2 Å². The van der Waals surface area contributed by atoms with Gasteiger partial charge in [-0.05, 0) is 79.9 Å². The summed E-state index contributed by atoms with van der Waals surface area (Å²) in [5.74, 6) is 0.150. The van der Waals surface area contributed by atoms with Gasteiger partial charge in [0.05, 0.1) is 11.6 Å². The van der Waals surface area contributed by atoms with Crippen LogP contribution in [0.1, 0.15) is 27.0 Å². The van der Waals surface area contributed by atoms with Crippen molar-refractivity contribution in [2.24, 2.45) is 0 Å². The number of amides is 1. The molecule has 0 unspecified atom stereocenters. The minimum Gasteiger partial charge on any atom is -0.492 e. The molecular formula is C24H24Cl2N2O4S. The first kappa shape index (κ1) is 24.9. The van der Waals surface area contributed by atoms with Crippen molar-refractivity contribution in [3.05, 3.63) is 86.9 Å². The lowest BCUT2D eigenvalue weighted by molar-refractivity contribution is 0.0947. The van der Waals surface area contributed by atoms with Crippen LogP contribution in [0.25, 0.3) is 0 Å². The van der Waals surface area contributed by atoms with Gasteiger partial charge in [-0.1, -0.05) is 35.3 Å². The highest BCUT2D eigenvalue weighted by Gasteiger charge is 2.20. The molecule has 0 saturated carbocycles. The largest absolute Gasteiger partial charge is 0.492 e. The van der Waals surface area contributed by atoms with E-state index in [2.05, 4.69) is 10.0 Å². The third kappa shape index (κ3) is 6.41. The Kier molecular flexibility index (Phi) is 7.89. The number of hydrogen-bond donors (Lipinski definition) is 2. The van der Waals surface area contributed by atoms with Crippen LogP contribution in [0, 0.1) is 20.8 Å². The first-order valence-electron chi connectivity index (χ1n) is 10.1. The minimum absolute atomic E-state index is 0.0162. The zero-order valence-corrected chi connectivity index (χ0v) is 20.7. The predicted molar refractivity (Wildman–Crippen MR) is 132 cm³/mol. The van der Waals surface area contributed by atoms with Crippen molar-refractivity contribution < 1.29 is 17.9 Å². The zero-order valence-electron chi connectivity index (χ0n) is 18.4. The monoisotopic (exact) mass is 506 g/mol. The first-order chi connectivity index (χ1) is 15.6. The SMILES string of the molecule is Cc1ccc(NS(=O)(=O)c2cc(C(=O)NCCOc3ccc(C)c(Cl)c3)ccc2Cl)cc1C. The van der Waals surface area contributed by atoms with Crippen LogP contribution in [0.2, 0.25) is 10.0 Å². The second kappa shape index (κ2) is 10.5. The van der Waals surface area contributed by atoms with Crippen molar-refractivity contribution in [1.82, 2.24) is 5.32 Å². The van der Waals surface area contributed by atoms with Gasteiger partial charge < -0.3 is 10.1 Å². The van der Waals surface area contributed by atoms with E-state index in [1.807, 2.05) is 32.9 Å². The topological polar surface area (TPSA) is 84.5 Å². The van der Waals surface area contributed by atoms with E-state index in [0.717, 1.165) is 16.7 Å². The molecule has 0 bridgehead atoms. The summed E-state index contributed by atoms with van der Waals surface area (Å²) in [6, 6.07) is 14.7. The fraction of sp³-hybridized carbons (Fsp3) is 0.208. The summed E-state index contributed by atoms with van der Waals surface area (Å²) in [5, 5.41) is 3.32. The summed E-state index contributed by atoms with van der Waals surface area (Å²) < 4.78 is 33.9. The predicted octanol–water partition coefficient (Wildman–Crippen LogP) is 5.53. The lowest BCUT2D eigenvalue weighted by Gasteiger charge is -2.13. The van der Waals surface area contributed by atoms with Crippen molar-refractivity contribution in [1.29, 1.82) is 0 Å². The number of carbonyl (C=O) groups is 1. The van der Waals surface area contributed by atoms with Crippen LogP contribution in [0.3, 0.4) is 0 Å². The number of carbonyl (C=O) groups excluding carboxylic acids is 1. The van der Waals surface area contributed by atoms with Crippen molar-refractivity contribution in [3.63, 3.8) is 0 Å². The van der Waals surface area contributed by atoms with E-state index in [9.17, 15) is 13.2 Å². The number of rotatable bonds is 8. The summed E-state index contributed by atoms with van der Waals surface area (Å²) in [6.45, 7) is 6.16. The van der Waals surface area contributed by atoms with Crippen LogP contribution in [0.4, 0.5) is 5.69 Å². The fourth-order valence-electron chi connectivity index (χ4n) is 2.96. The maximum atomic E-state index is 12.9. The molecule has 0 aliphatic rings. The van der Waals surface area contributed by atoms with Crippen molar-refractivity contribution in [2.45, 2.75) is 25.7 Å². The molecule has 0 saturated heterocycles. The molecule has 3 aromatic carbocycles. The molecular weight excluding hydrogens is 483 g/mol. The molecule has 2 N–H and O–H groups in total. The van der Waals surface area contributed by atoms with Crippen LogP contribution in [-0.2, 0) is 10.0 Å². The minimum atomic E-state index is -4.00. The van der Waals surface area contributed by atoms with Crippen LogP contribution in [0.5, 0.6) is 5.75 Å². The van der Waals surface area contributed by atoms with Crippen LogP contribution in [0.15, 0.2) is 59.5 Å². The number of hydrogen-bond acceptors (Lipinski definition) is 4. The van der Waals surface area contributed by atoms with Gasteiger partial charge in [0.25, 0.3) is 15.9 Å². The van der Waals surface area contributed by atoms with Crippen molar-refractivity contribution >= 4 is 44.8 Å². The molecule has 6 nitrogen and oxygen atoms in total. The molecule has 3 aromatic rings. The highest BCUT2D eigenvalue weighted by Crippen LogP contribution is 2.26. The Balaban J connectivity index is 1.66. The molecule has 0 spiro atoms. The number of aryl methyl sites for hydroxylation is 3. The van der Waals surface area contributed by atoms with Gasteiger partial charge in [0, 0.05) is 16.3 Å². The summed E-state index contributed by atoms with van der Waals surface area (Å²) in [5.41, 5.74) is 3.52. The summed E-state index contributed by atoms with van der Waals surface area (Å²) in [7, 11) is -4.00. The molecule has 1 amide bonds. The van der Waals surface area contributed by atoms with Crippen molar-refractivity contribution in [2.75, 3.05) is 17.9 Å². The van der Waals surface area contributed by atoms with E-state index in [1.165, 1.54) is 18.2 Å². The average molecular weight is 507 g/mol. The summed E-state index contributed by atoms with van der Waals surface area (Å²) in [6.07, 6.45) is 0. The van der Waals surface area contributed by atoms with E-state index in [-0.39, 0.29) is 28.6 Å². The Morgan fingerprint density at radius 1 is 0.879 bits per heavy atom. The van der Waals surface area contributed by atoms with Gasteiger partial charge in [-0.15, -0.1) is 0 Å². The molecule has 0 atom stereocenters. The third-order valence-corrected chi connectivity index (χ3v) is 7.31. The van der Waals surface area contributed by atoms with Gasteiger partial charge in [-0.25, -0.2) is 8.42 Å². The highest BCUT2D eigenvalue weighted by atomic mass is 35.5. The fourth-order valence-corrected chi connectivity index (χ4v) is 4.71. The normalized spacial score (nSPS) is 11.2. The molecule has 0 aromatic heterocycles. The molecule has 0 heterocycles. The first-order valence-corrected chi connectivity index (χ1v) is 12.4. The quantitative estimate of drug-likeness (QED) is 0.393. The Morgan fingerprint density at radius 3 is 2.30 bits per heavy atom. The highest BCUT2D eigenvalue weighted by molar-refractivity contribution is 7.92. The Hall–Kier alpha value is -2.74. The molecule has 9 heteroatoms. The second-order valence-electron chi connectivity index (χ2n) is 7.57. The molecule has 174 valence electrons. The van der Waals surface area contributed by atoms with E-state index in [0.29, 0.717) is 16.5 Å². The number of halogens is 2. The third-order valence-electron chi connectivity index (χ3n) is 5.04. The number of nitrogens with one attached hydrogen (secondary N) is 2. The van der Waals surface area contributed by atoms with Crippen LogP contribution < -0.4 is 14.8 Å².